The molecule has 0 amide bonds. The second-order valence-corrected chi connectivity index (χ2v) is 8.11. The van der Waals surface area contributed by atoms with Gasteiger partial charge in [-0.1, -0.05) is 6.07 Å². The van der Waals surface area contributed by atoms with Crippen molar-refractivity contribution in [2.75, 3.05) is 33.7 Å². The van der Waals surface area contributed by atoms with Gasteiger partial charge in [-0.2, -0.15) is 0 Å². The highest BCUT2D eigenvalue weighted by atomic mass is 127. The smallest absolute Gasteiger partial charge is 0.242 e. The molecule has 0 bridgehead atoms. The molecule has 26 heavy (non-hydrogen) atoms. The van der Waals surface area contributed by atoms with Crippen molar-refractivity contribution in [1.82, 2.24) is 19.9 Å². The molecule has 0 aliphatic carbocycles. The third-order valence-electron chi connectivity index (χ3n) is 3.49. The minimum atomic E-state index is -3.53. The fourth-order valence-electron chi connectivity index (χ4n) is 2.17. The van der Waals surface area contributed by atoms with Crippen molar-refractivity contribution in [2.24, 2.45) is 4.99 Å². The zero-order chi connectivity index (χ0) is 18.1. The summed E-state index contributed by atoms with van der Waals surface area (Å²) in [6.45, 7) is 1.53. The molecular weight excluding hydrogens is 485 g/mol. The summed E-state index contributed by atoms with van der Waals surface area (Å²) < 4.78 is 26.7. The quantitative estimate of drug-likeness (QED) is 0.245. The average molecular weight is 509 g/mol. The van der Waals surface area contributed by atoms with E-state index in [9.17, 15) is 8.42 Å². The van der Waals surface area contributed by atoms with Gasteiger partial charge in [-0.25, -0.2) is 13.1 Å². The summed E-state index contributed by atoms with van der Waals surface area (Å²) in [4.78, 5) is 11.6. The molecule has 144 valence electrons. The fourth-order valence-corrected chi connectivity index (χ4v) is 3.87. The van der Waals surface area contributed by atoms with Gasteiger partial charge >= 0.3 is 0 Å². The maximum Gasteiger partial charge on any atom is 0.242 e. The van der Waals surface area contributed by atoms with Crippen molar-refractivity contribution < 1.29 is 8.42 Å². The molecule has 0 saturated carbocycles. The van der Waals surface area contributed by atoms with Gasteiger partial charge in [0, 0.05) is 51.0 Å². The Morgan fingerprint density at radius 2 is 2.12 bits per heavy atom. The van der Waals surface area contributed by atoms with Crippen LogP contribution in [0.15, 0.2) is 51.9 Å². The van der Waals surface area contributed by atoms with Crippen LogP contribution in [0, 0.1) is 0 Å². The molecule has 2 heterocycles. The molecule has 2 aromatic rings. The van der Waals surface area contributed by atoms with Gasteiger partial charge < -0.3 is 10.2 Å². The third kappa shape index (κ3) is 7.17. The lowest BCUT2D eigenvalue weighted by Gasteiger charge is -2.21. The first-order valence-corrected chi connectivity index (χ1v) is 10.2. The van der Waals surface area contributed by atoms with E-state index in [4.69, 9.17) is 0 Å². The van der Waals surface area contributed by atoms with E-state index < -0.39 is 10.0 Å². The Hall–Kier alpha value is -1.24. The SMILES string of the molecule is CN=C(NCCNS(=O)(=O)c1cccnc1)N(C)CCc1cccs1.I. The van der Waals surface area contributed by atoms with Crippen LogP contribution in [0.25, 0.3) is 0 Å². The number of hydrogen-bond acceptors (Lipinski definition) is 5. The van der Waals surface area contributed by atoms with Crippen molar-refractivity contribution in [2.45, 2.75) is 11.3 Å². The highest BCUT2D eigenvalue weighted by Gasteiger charge is 2.13. The summed E-state index contributed by atoms with van der Waals surface area (Å²) in [5.41, 5.74) is 0. The van der Waals surface area contributed by atoms with Crippen molar-refractivity contribution in [3.05, 3.63) is 46.9 Å². The van der Waals surface area contributed by atoms with Gasteiger partial charge in [-0.05, 0) is 30.0 Å². The molecule has 2 rings (SSSR count). The van der Waals surface area contributed by atoms with Gasteiger partial charge in [0.15, 0.2) is 5.96 Å². The van der Waals surface area contributed by atoms with Crippen LogP contribution in [0.4, 0.5) is 0 Å². The molecule has 0 aliphatic rings. The third-order valence-corrected chi connectivity index (χ3v) is 5.87. The highest BCUT2D eigenvalue weighted by molar-refractivity contribution is 14.0. The number of halogens is 1. The largest absolute Gasteiger partial charge is 0.355 e. The van der Waals surface area contributed by atoms with Crippen LogP contribution >= 0.6 is 35.3 Å². The fraction of sp³-hybridized carbons (Fsp3) is 0.375. The first kappa shape index (κ1) is 22.8. The maximum atomic E-state index is 12.1. The highest BCUT2D eigenvalue weighted by Crippen LogP contribution is 2.09. The number of sulfonamides is 1. The predicted octanol–water partition coefficient (Wildman–Crippen LogP) is 1.79. The lowest BCUT2D eigenvalue weighted by Crippen LogP contribution is -2.43. The average Bonchev–Trinajstić information content (AvgIpc) is 3.14. The molecule has 7 nitrogen and oxygen atoms in total. The summed E-state index contributed by atoms with van der Waals surface area (Å²) in [6, 6.07) is 7.26. The number of pyridine rings is 1. The summed E-state index contributed by atoms with van der Waals surface area (Å²) in [5.74, 6) is 0.733. The van der Waals surface area contributed by atoms with Gasteiger partial charge in [-0.15, -0.1) is 35.3 Å². The van der Waals surface area contributed by atoms with Gasteiger partial charge in [0.25, 0.3) is 0 Å². The van der Waals surface area contributed by atoms with E-state index in [2.05, 4.69) is 31.5 Å². The van der Waals surface area contributed by atoms with E-state index >= 15 is 0 Å². The Kier molecular flexibility index (Phi) is 10.1. The molecule has 10 heteroatoms. The van der Waals surface area contributed by atoms with E-state index in [1.807, 2.05) is 18.0 Å². The predicted molar refractivity (Wildman–Crippen MR) is 117 cm³/mol. The molecule has 0 radical (unpaired) electrons. The molecular formula is C16H24IN5O2S2. The number of guanidine groups is 1. The molecule has 2 aromatic heterocycles. The Bertz CT molecular complexity index is 767. The van der Waals surface area contributed by atoms with E-state index in [-0.39, 0.29) is 35.4 Å². The van der Waals surface area contributed by atoms with Crippen LogP contribution in [0.2, 0.25) is 0 Å². The molecule has 0 saturated heterocycles. The summed E-state index contributed by atoms with van der Waals surface area (Å²) in [6.07, 6.45) is 3.81. The summed E-state index contributed by atoms with van der Waals surface area (Å²) in [5, 5.41) is 5.23. The van der Waals surface area contributed by atoms with Crippen molar-refractivity contribution in [3.63, 3.8) is 0 Å². The Balaban J connectivity index is 0.00000338. The Morgan fingerprint density at radius 1 is 1.31 bits per heavy atom. The number of thiophene rings is 1. The number of aromatic nitrogens is 1. The number of nitrogens with one attached hydrogen (secondary N) is 2. The minimum absolute atomic E-state index is 0. The first-order valence-electron chi connectivity index (χ1n) is 7.87. The lowest BCUT2D eigenvalue weighted by molar-refractivity contribution is 0.486. The number of nitrogens with zero attached hydrogens (tertiary/aromatic N) is 3. The zero-order valence-corrected chi connectivity index (χ0v) is 18.7. The van der Waals surface area contributed by atoms with Gasteiger partial charge in [-0.3, -0.25) is 9.98 Å². The van der Waals surface area contributed by atoms with Gasteiger partial charge in [0.05, 0.1) is 0 Å². The second-order valence-electron chi connectivity index (χ2n) is 5.31. The maximum absolute atomic E-state index is 12.1. The molecule has 0 atom stereocenters. The molecule has 0 fully saturated rings. The standard InChI is InChI=1S/C16H23N5O2S2.HI/c1-17-16(21(2)11-7-14-5-4-12-24-14)19-9-10-20-25(22,23)15-6-3-8-18-13-15;/h3-6,8,12-13,20H,7,9-11H2,1-2H3,(H,17,19);1H. The van der Waals surface area contributed by atoms with E-state index in [1.165, 1.54) is 23.3 Å². The number of likely N-dealkylation sites (N-methyl/N-ethyl adjacent to an activating group) is 1. The van der Waals surface area contributed by atoms with E-state index in [0.717, 1.165) is 18.9 Å². The molecule has 2 N–H and O–H groups in total. The van der Waals surface area contributed by atoms with Crippen LogP contribution in [0.1, 0.15) is 4.88 Å². The van der Waals surface area contributed by atoms with Crippen molar-refractivity contribution in [1.29, 1.82) is 0 Å². The normalized spacial score (nSPS) is 11.7. The van der Waals surface area contributed by atoms with Crippen molar-refractivity contribution in [3.8, 4) is 0 Å². The van der Waals surface area contributed by atoms with Crippen LogP contribution in [-0.4, -0.2) is 58.0 Å². The van der Waals surface area contributed by atoms with E-state index in [1.54, 1.807) is 24.5 Å². The molecule has 0 unspecified atom stereocenters. The zero-order valence-electron chi connectivity index (χ0n) is 14.8. The Labute approximate surface area is 176 Å². The van der Waals surface area contributed by atoms with Crippen LogP contribution in [-0.2, 0) is 16.4 Å². The molecule has 0 aromatic carbocycles. The topological polar surface area (TPSA) is 86.7 Å². The second kappa shape index (κ2) is 11.5. The van der Waals surface area contributed by atoms with Crippen molar-refractivity contribution >= 4 is 51.3 Å². The van der Waals surface area contributed by atoms with E-state index in [0.29, 0.717) is 6.54 Å². The van der Waals surface area contributed by atoms with Gasteiger partial charge in [0.1, 0.15) is 4.90 Å². The number of aliphatic imine (C=N–C) groups is 1. The summed E-state index contributed by atoms with van der Waals surface area (Å²) in [7, 11) is 0.144. The first-order chi connectivity index (χ1) is 12.0. The molecule has 0 spiro atoms. The molecule has 0 aliphatic heterocycles. The summed E-state index contributed by atoms with van der Waals surface area (Å²) >= 11 is 1.74. The monoisotopic (exact) mass is 509 g/mol. The van der Waals surface area contributed by atoms with Gasteiger partial charge in [0.2, 0.25) is 10.0 Å². The van der Waals surface area contributed by atoms with Crippen LogP contribution in [0.3, 0.4) is 0 Å². The minimum Gasteiger partial charge on any atom is -0.355 e. The number of hydrogen-bond donors (Lipinski definition) is 2. The van der Waals surface area contributed by atoms with Crippen LogP contribution < -0.4 is 10.0 Å². The van der Waals surface area contributed by atoms with Crippen LogP contribution in [0.5, 0.6) is 0 Å². The number of rotatable bonds is 8. The lowest BCUT2D eigenvalue weighted by atomic mass is 10.3. The Morgan fingerprint density at radius 3 is 2.73 bits per heavy atom.